The van der Waals surface area contributed by atoms with Gasteiger partial charge in [0, 0.05) is 75.1 Å². The lowest BCUT2D eigenvalue weighted by atomic mass is 9.94. The number of pyridine rings is 2. The van der Waals surface area contributed by atoms with Gasteiger partial charge in [-0.25, -0.2) is 9.97 Å². The Morgan fingerprint density at radius 3 is 2.30 bits per heavy atom. The molecule has 6 amide bonds. The van der Waals surface area contributed by atoms with Crippen LogP contribution in [0.1, 0.15) is 100 Å². The number of benzene rings is 1. The van der Waals surface area contributed by atoms with Crippen molar-refractivity contribution < 1.29 is 47.0 Å². The molecule has 3 saturated heterocycles. The van der Waals surface area contributed by atoms with Crippen molar-refractivity contribution in [2.45, 2.75) is 69.7 Å². The third kappa shape index (κ3) is 8.43. The third-order valence-corrected chi connectivity index (χ3v) is 11.9. The molecule has 1 aromatic carbocycles. The number of imide groups is 2. The Balaban J connectivity index is 0.829. The molecule has 7 heterocycles. The monoisotopic (exact) mass is 843 g/mol. The van der Waals surface area contributed by atoms with E-state index in [0.29, 0.717) is 50.4 Å². The van der Waals surface area contributed by atoms with Crippen LogP contribution in [0, 0.1) is 0 Å². The molecule has 4 aromatic rings. The standard InChI is InChI=1S/C42H44F3N9O7/c1-41(2,61)28-21-34-47-30(22-53(34)23-31(28)48-37(57)29-4-3-5-33(46-29)42(43,44)45)24-10-13-50(14-11-24)15-12-36(56)52-18-16-51(17-19-52)25-6-7-26-27(20-25)40(60)54(39(26)59)32-8-9-35(55)49-38(32)58/h3-7,20-24,32,61H,8-19H2,1-2H3,(H,48,57)(H,49,55,58). The number of alkyl halides is 3. The van der Waals surface area contributed by atoms with Crippen molar-refractivity contribution in [2.75, 3.05) is 56.0 Å². The average molecular weight is 844 g/mol. The Morgan fingerprint density at radius 1 is 0.885 bits per heavy atom. The van der Waals surface area contributed by atoms with Crippen LogP contribution in [0.4, 0.5) is 24.5 Å². The molecular formula is C42H44F3N9O7. The van der Waals surface area contributed by atoms with Crippen LogP contribution in [0.2, 0.25) is 0 Å². The van der Waals surface area contributed by atoms with Gasteiger partial charge in [0.25, 0.3) is 17.7 Å². The number of aliphatic hydroxyl groups is 1. The molecule has 8 rings (SSSR count). The van der Waals surface area contributed by atoms with Gasteiger partial charge >= 0.3 is 6.18 Å². The maximum absolute atomic E-state index is 13.3. The zero-order valence-electron chi connectivity index (χ0n) is 33.5. The lowest BCUT2D eigenvalue weighted by Gasteiger charge is -2.37. The summed E-state index contributed by atoms with van der Waals surface area (Å²) in [5.41, 5.74) is 0.0130. The number of imidazole rings is 1. The summed E-state index contributed by atoms with van der Waals surface area (Å²) in [4.78, 5) is 92.2. The first-order chi connectivity index (χ1) is 28.9. The van der Waals surface area contributed by atoms with Gasteiger partial charge in [0.05, 0.1) is 28.1 Å². The molecule has 3 fully saturated rings. The molecule has 4 aliphatic heterocycles. The van der Waals surface area contributed by atoms with Crippen molar-refractivity contribution in [2.24, 2.45) is 0 Å². The SMILES string of the molecule is CC(C)(O)c1cc2nc(C3CCN(CCC(=O)N4CCN(c5ccc6c(c5)C(=O)N(C5CCC(=O)NC5=O)C6=O)CC4)CC3)cn2cc1NC(=O)c1cccc(C(F)(F)F)n1. The van der Waals surface area contributed by atoms with Crippen molar-refractivity contribution in [1.82, 2.24) is 34.4 Å². The van der Waals surface area contributed by atoms with Gasteiger partial charge in [-0.15, -0.1) is 0 Å². The zero-order chi connectivity index (χ0) is 43.4. The summed E-state index contributed by atoms with van der Waals surface area (Å²) in [5, 5.41) is 15.8. The molecule has 4 aliphatic rings. The van der Waals surface area contributed by atoms with E-state index in [1.165, 1.54) is 19.9 Å². The number of rotatable bonds is 9. The molecule has 0 radical (unpaired) electrons. The van der Waals surface area contributed by atoms with Crippen molar-refractivity contribution >= 4 is 52.5 Å². The Labute approximate surface area is 347 Å². The highest BCUT2D eigenvalue weighted by Crippen LogP contribution is 2.34. The highest BCUT2D eigenvalue weighted by atomic mass is 19.4. The van der Waals surface area contributed by atoms with Crippen molar-refractivity contribution in [3.05, 3.63) is 88.6 Å². The number of fused-ring (bicyclic) bond motifs is 2. The normalized spacial score (nSPS) is 19.4. The number of hydrogen-bond acceptors (Lipinski definition) is 11. The van der Waals surface area contributed by atoms with Crippen LogP contribution in [0.5, 0.6) is 0 Å². The van der Waals surface area contributed by atoms with Crippen LogP contribution >= 0.6 is 0 Å². The highest BCUT2D eigenvalue weighted by molar-refractivity contribution is 6.23. The van der Waals surface area contributed by atoms with E-state index >= 15 is 0 Å². The molecule has 16 nitrogen and oxygen atoms in total. The summed E-state index contributed by atoms with van der Waals surface area (Å²) in [6.45, 7) is 7.22. The summed E-state index contributed by atoms with van der Waals surface area (Å²) >= 11 is 0. The van der Waals surface area contributed by atoms with Crippen LogP contribution in [-0.4, -0.2) is 121 Å². The minimum absolute atomic E-state index is 0.0437. The van der Waals surface area contributed by atoms with E-state index in [1.807, 2.05) is 11.1 Å². The molecule has 0 spiro atoms. The van der Waals surface area contributed by atoms with Gasteiger partial charge in [0.1, 0.15) is 23.1 Å². The Morgan fingerprint density at radius 2 is 1.61 bits per heavy atom. The molecule has 1 unspecified atom stereocenters. The van der Waals surface area contributed by atoms with Crippen molar-refractivity contribution in [3.8, 4) is 0 Å². The number of likely N-dealkylation sites (tertiary alicyclic amines) is 1. The second-order valence-electron chi connectivity index (χ2n) is 16.4. The number of halogens is 3. The predicted octanol–water partition coefficient (Wildman–Crippen LogP) is 3.55. The van der Waals surface area contributed by atoms with Crippen LogP contribution in [0.25, 0.3) is 5.65 Å². The second-order valence-corrected chi connectivity index (χ2v) is 16.4. The first kappa shape index (κ1) is 41.5. The van der Waals surface area contributed by atoms with Crippen molar-refractivity contribution in [3.63, 3.8) is 0 Å². The Bertz CT molecular complexity index is 2450. The molecule has 3 N–H and O–H groups in total. The number of piperazine rings is 1. The fraction of sp³-hybridized carbons (Fsp3) is 0.429. The minimum Gasteiger partial charge on any atom is -0.386 e. The van der Waals surface area contributed by atoms with Crippen LogP contribution in [0.15, 0.2) is 54.9 Å². The van der Waals surface area contributed by atoms with Gasteiger partial charge in [-0.05, 0) is 82.6 Å². The largest absolute Gasteiger partial charge is 0.433 e. The van der Waals surface area contributed by atoms with Crippen molar-refractivity contribution in [1.29, 1.82) is 0 Å². The average Bonchev–Trinajstić information content (AvgIpc) is 3.76. The number of aromatic nitrogens is 3. The Kier molecular flexibility index (Phi) is 10.9. The Hall–Kier alpha value is -6.21. The van der Waals surface area contributed by atoms with Gasteiger partial charge in [0.2, 0.25) is 17.7 Å². The van der Waals surface area contributed by atoms with Crippen LogP contribution < -0.4 is 15.5 Å². The fourth-order valence-corrected chi connectivity index (χ4v) is 8.50. The number of nitrogens with one attached hydrogen (secondary N) is 2. The smallest absolute Gasteiger partial charge is 0.386 e. The topological polar surface area (TPSA) is 190 Å². The van der Waals surface area contributed by atoms with Gasteiger partial charge in [-0.2, -0.15) is 13.2 Å². The van der Waals surface area contributed by atoms with E-state index in [0.717, 1.165) is 54.3 Å². The van der Waals surface area contributed by atoms with E-state index < -0.39 is 58.7 Å². The van der Waals surface area contributed by atoms with E-state index in [4.69, 9.17) is 4.98 Å². The van der Waals surface area contributed by atoms with Crippen LogP contribution in [0.3, 0.4) is 0 Å². The van der Waals surface area contributed by atoms with E-state index in [-0.39, 0.29) is 41.5 Å². The first-order valence-electron chi connectivity index (χ1n) is 20.2. The fourth-order valence-electron chi connectivity index (χ4n) is 8.50. The number of amides is 6. The van der Waals surface area contributed by atoms with Gasteiger partial charge in [-0.1, -0.05) is 6.07 Å². The second kappa shape index (κ2) is 16.0. The zero-order valence-corrected chi connectivity index (χ0v) is 33.5. The molecule has 3 aromatic heterocycles. The predicted molar refractivity (Wildman–Crippen MR) is 213 cm³/mol. The number of carbonyl (C=O) groups excluding carboxylic acids is 6. The maximum Gasteiger partial charge on any atom is 0.433 e. The number of carbonyl (C=O) groups is 6. The molecule has 19 heteroatoms. The maximum atomic E-state index is 13.3. The molecule has 61 heavy (non-hydrogen) atoms. The summed E-state index contributed by atoms with van der Waals surface area (Å²) in [7, 11) is 0. The summed E-state index contributed by atoms with van der Waals surface area (Å²) in [5.74, 6) is -2.91. The van der Waals surface area contributed by atoms with E-state index in [9.17, 15) is 47.0 Å². The molecule has 1 atom stereocenters. The molecular weight excluding hydrogens is 800 g/mol. The summed E-state index contributed by atoms with van der Waals surface area (Å²) in [6, 6.07) is 8.70. The van der Waals surface area contributed by atoms with Gasteiger partial charge < -0.3 is 29.5 Å². The molecule has 320 valence electrons. The summed E-state index contributed by atoms with van der Waals surface area (Å²) in [6.07, 6.45) is 0.778. The molecule has 0 aliphatic carbocycles. The lowest BCUT2D eigenvalue weighted by Crippen LogP contribution is -2.54. The molecule has 0 bridgehead atoms. The molecule has 0 saturated carbocycles. The van der Waals surface area contributed by atoms with E-state index in [1.54, 1.807) is 34.9 Å². The first-order valence-corrected chi connectivity index (χ1v) is 20.2. The number of piperidine rings is 2. The van der Waals surface area contributed by atoms with E-state index in [2.05, 4.69) is 25.4 Å². The number of anilines is 2. The van der Waals surface area contributed by atoms with Gasteiger partial charge in [0.15, 0.2) is 0 Å². The third-order valence-electron chi connectivity index (χ3n) is 11.9. The quantitative estimate of drug-likeness (QED) is 0.209. The minimum atomic E-state index is -4.72. The number of nitrogens with zero attached hydrogens (tertiary/aromatic N) is 7. The number of hydrogen-bond donors (Lipinski definition) is 3. The lowest BCUT2D eigenvalue weighted by molar-refractivity contribution is -0.141. The highest BCUT2D eigenvalue weighted by Gasteiger charge is 2.45. The van der Waals surface area contributed by atoms with Crippen LogP contribution in [-0.2, 0) is 26.2 Å². The summed E-state index contributed by atoms with van der Waals surface area (Å²) < 4.78 is 41.4. The van der Waals surface area contributed by atoms with Gasteiger partial charge in [-0.3, -0.25) is 39.0 Å².